The predicted molar refractivity (Wildman–Crippen MR) is 188 cm³/mol. The topological polar surface area (TPSA) is 100 Å². The van der Waals surface area contributed by atoms with Gasteiger partial charge in [-0.05, 0) is 81.0 Å². The summed E-state index contributed by atoms with van der Waals surface area (Å²) in [6, 6.07) is 16.7. The van der Waals surface area contributed by atoms with E-state index in [1.54, 1.807) is 13.2 Å². The summed E-state index contributed by atoms with van der Waals surface area (Å²) in [5.74, 6) is 1.96. The Morgan fingerprint density at radius 1 is 0.958 bits per heavy atom. The Labute approximate surface area is 282 Å². The second-order valence-electron chi connectivity index (χ2n) is 14.0. The van der Waals surface area contributed by atoms with E-state index in [4.69, 9.17) is 14.8 Å². The third kappa shape index (κ3) is 6.43. The maximum Gasteiger partial charge on any atom is 0.251 e. The van der Waals surface area contributed by atoms with Crippen LogP contribution in [-0.4, -0.2) is 87.4 Å². The monoisotopic (exact) mass is 646 g/mol. The van der Waals surface area contributed by atoms with E-state index in [0.29, 0.717) is 29.0 Å². The molecule has 8 rings (SSSR count). The van der Waals surface area contributed by atoms with Crippen molar-refractivity contribution in [2.45, 2.75) is 63.5 Å². The number of aromatic nitrogens is 4. The van der Waals surface area contributed by atoms with Crippen LogP contribution in [0, 0.1) is 5.92 Å². The number of methoxy groups -OCH3 is 1. The van der Waals surface area contributed by atoms with Crippen LogP contribution < -0.4 is 15.4 Å². The zero-order valence-electron chi connectivity index (χ0n) is 28.1. The fourth-order valence-electron chi connectivity index (χ4n) is 7.94. The minimum Gasteiger partial charge on any atom is -0.495 e. The van der Waals surface area contributed by atoms with Gasteiger partial charge in [-0.2, -0.15) is 5.10 Å². The molecular formula is C38H46N8O2. The average Bonchev–Trinajstić information content (AvgIpc) is 3.87. The Kier molecular flexibility index (Phi) is 8.61. The number of nitrogens with zero attached hydrogens (tertiary/aromatic N) is 6. The Morgan fingerprint density at radius 2 is 1.75 bits per heavy atom. The first-order chi connectivity index (χ1) is 23.5. The zero-order valence-corrected chi connectivity index (χ0v) is 28.1. The largest absolute Gasteiger partial charge is 0.495 e. The molecule has 250 valence electrons. The van der Waals surface area contributed by atoms with E-state index in [2.05, 4.69) is 37.6 Å². The molecule has 3 aliphatic carbocycles. The molecule has 3 heterocycles. The third-order valence-corrected chi connectivity index (χ3v) is 10.8. The van der Waals surface area contributed by atoms with Crippen molar-refractivity contribution >= 4 is 17.5 Å². The molecule has 10 nitrogen and oxygen atoms in total. The Balaban J connectivity index is 0.912. The maximum atomic E-state index is 13.4. The fourth-order valence-corrected chi connectivity index (χ4v) is 7.94. The summed E-state index contributed by atoms with van der Waals surface area (Å²) in [6.07, 6.45) is 10.8. The summed E-state index contributed by atoms with van der Waals surface area (Å²) in [7, 11) is 3.61. The second-order valence-corrected chi connectivity index (χ2v) is 14.0. The molecule has 2 aromatic heterocycles. The molecule has 2 N–H and O–H groups in total. The normalized spacial score (nSPS) is 21.3. The number of anilines is 2. The average molecular weight is 647 g/mol. The van der Waals surface area contributed by atoms with Gasteiger partial charge in [0.2, 0.25) is 5.95 Å². The van der Waals surface area contributed by atoms with Gasteiger partial charge in [0.1, 0.15) is 5.75 Å². The molecule has 4 aliphatic rings. The lowest BCUT2D eigenvalue weighted by molar-refractivity contribution is 0.0694. The lowest BCUT2D eigenvalue weighted by Crippen LogP contribution is -2.52. The summed E-state index contributed by atoms with van der Waals surface area (Å²) in [6.45, 7) is 6.09. The number of ether oxygens (including phenoxy) is 1. The van der Waals surface area contributed by atoms with Crippen LogP contribution in [0.5, 0.6) is 5.75 Å². The molecule has 0 radical (unpaired) electrons. The Morgan fingerprint density at radius 3 is 2.50 bits per heavy atom. The first-order valence-corrected chi connectivity index (χ1v) is 17.7. The highest BCUT2D eigenvalue weighted by molar-refractivity contribution is 5.95. The van der Waals surface area contributed by atoms with E-state index < -0.39 is 0 Å². The smallest absolute Gasteiger partial charge is 0.251 e. The maximum absolute atomic E-state index is 13.4. The van der Waals surface area contributed by atoms with Crippen LogP contribution in [0.2, 0.25) is 0 Å². The first kappa shape index (κ1) is 31.0. The summed E-state index contributed by atoms with van der Waals surface area (Å²) >= 11 is 0. The molecule has 1 saturated heterocycles. The minimum absolute atomic E-state index is 0.0560. The fraction of sp³-hybridized carbons (Fsp3) is 0.474. The predicted octanol–water partition coefficient (Wildman–Crippen LogP) is 5.46. The van der Waals surface area contributed by atoms with Crippen molar-refractivity contribution in [2.75, 3.05) is 45.2 Å². The van der Waals surface area contributed by atoms with Crippen molar-refractivity contribution in [2.24, 2.45) is 13.0 Å². The van der Waals surface area contributed by atoms with Crippen molar-refractivity contribution < 1.29 is 9.53 Å². The van der Waals surface area contributed by atoms with Gasteiger partial charge in [-0.3, -0.25) is 14.4 Å². The van der Waals surface area contributed by atoms with Gasteiger partial charge in [0.15, 0.2) is 0 Å². The number of amides is 1. The van der Waals surface area contributed by atoms with E-state index in [1.807, 2.05) is 48.3 Å². The van der Waals surface area contributed by atoms with Crippen molar-refractivity contribution in [3.05, 3.63) is 71.5 Å². The summed E-state index contributed by atoms with van der Waals surface area (Å²) < 4.78 is 7.70. The van der Waals surface area contributed by atoms with Gasteiger partial charge in [0, 0.05) is 74.7 Å². The van der Waals surface area contributed by atoms with E-state index >= 15 is 0 Å². The SMILES string of the molecule is COc1cc(C(=O)NC2CCC(N3CCN(CC4CC4)CC3)CC2)ccc1Nc1ncc2c(n1)-c1c(nn(C)c1-c1ccccc1)CC2. The molecule has 4 aromatic rings. The zero-order chi connectivity index (χ0) is 32.6. The molecule has 0 atom stereocenters. The highest BCUT2D eigenvalue weighted by atomic mass is 16.5. The highest BCUT2D eigenvalue weighted by Gasteiger charge is 2.31. The van der Waals surface area contributed by atoms with Crippen LogP contribution in [0.15, 0.2) is 54.7 Å². The molecular weight excluding hydrogens is 600 g/mol. The van der Waals surface area contributed by atoms with E-state index in [-0.39, 0.29) is 11.9 Å². The van der Waals surface area contributed by atoms with Crippen LogP contribution >= 0.6 is 0 Å². The number of fused-ring (bicyclic) bond motifs is 3. The van der Waals surface area contributed by atoms with Gasteiger partial charge in [-0.25, -0.2) is 9.97 Å². The number of rotatable bonds is 9. The van der Waals surface area contributed by atoms with Crippen molar-refractivity contribution in [3.63, 3.8) is 0 Å². The van der Waals surface area contributed by atoms with Crippen molar-refractivity contribution in [1.82, 2.24) is 34.9 Å². The standard InChI is InChI=1S/C38H46N8O2/c1-44-36(26-6-4-3-5-7-26)34-32(43-44)17-11-28-23-39-38(42-35(28)34)41-31-16-10-27(22-33(31)48-2)37(47)40-29-12-14-30(15-13-29)46-20-18-45(19-21-46)24-25-8-9-25/h3-7,10,16,22-23,25,29-30H,8-9,11-15,17-21,24H2,1-2H3,(H,40,47)(H,39,41,42). The number of nitrogens with one attached hydrogen (secondary N) is 2. The first-order valence-electron chi connectivity index (χ1n) is 17.7. The van der Waals surface area contributed by atoms with Crippen molar-refractivity contribution in [1.29, 1.82) is 0 Å². The third-order valence-electron chi connectivity index (χ3n) is 10.8. The van der Waals surface area contributed by atoms with Gasteiger partial charge >= 0.3 is 0 Å². The van der Waals surface area contributed by atoms with Crippen LogP contribution in [0.1, 0.15) is 60.1 Å². The quantitative estimate of drug-likeness (QED) is 0.247. The number of hydrogen-bond acceptors (Lipinski definition) is 8. The number of aryl methyl sites for hydroxylation is 3. The summed E-state index contributed by atoms with van der Waals surface area (Å²) in [4.78, 5) is 28.4. The number of benzene rings is 2. The van der Waals surface area contributed by atoms with Crippen LogP contribution in [0.25, 0.3) is 22.5 Å². The number of piperazine rings is 1. The second kappa shape index (κ2) is 13.3. The van der Waals surface area contributed by atoms with Crippen molar-refractivity contribution in [3.8, 4) is 28.3 Å². The van der Waals surface area contributed by atoms with E-state index in [9.17, 15) is 4.79 Å². The van der Waals surface area contributed by atoms with Crippen LogP contribution in [0.4, 0.5) is 11.6 Å². The molecule has 0 spiro atoms. The highest BCUT2D eigenvalue weighted by Crippen LogP contribution is 2.40. The number of carbonyl (C=O) groups is 1. The molecule has 0 bridgehead atoms. The van der Waals surface area contributed by atoms with E-state index in [1.165, 1.54) is 45.6 Å². The summed E-state index contributed by atoms with van der Waals surface area (Å²) in [5, 5.41) is 11.5. The Bertz CT molecular complexity index is 1770. The van der Waals surface area contributed by atoms with Gasteiger partial charge < -0.3 is 20.3 Å². The molecule has 10 heteroatoms. The lowest BCUT2D eigenvalue weighted by atomic mass is 9.89. The van der Waals surface area contributed by atoms with Crippen LogP contribution in [0.3, 0.4) is 0 Å². The van der Waals surface area contributed by atoms with E-state index in [0.717, 1.165) is 78.2 Å². The van der Waals surface area contributed by atoms with Crippen LogP contribution in [-0.2, 0) is 19.9 Å². The molecule has 2 saturated carbocycles. The molecule has 3 fully saturated rings. The minimum atomic E-state index is -0.0560. The molecule has 1 aliphatic heterocycles. The molecule has 0 unspecified atom stereocenters. The number of carbonyl (C=O) groups excluding carboxylic acids is 1. The van der Waals surface area contributed by atoms with Gasteiger partial charge in [0.25, 0.3) is 5.91 Å². The molecule has 2 aromatic carbocycles. The van der Waals surface area contributed by atoms with Gasteiger partial charge in [-0.15, -0.1) is 0 Å². The summed E-state index contributed by atoms with van der Waals surface area (Å²) in [5.41, 5.74) is 7.59. The van der Waals surface area contributed by atoms with Gasteiger partial charge in [0.05, 0.1) is 29.9 Å². The molecule has 48 heavy (non-hydrogen) atoms. The van der Waals surface area contributed by atoms with Gasteiger partial charge in [-0.1, -0.05) is 30.3 Å². The number of hydrogen-bond donors (Lipinski definition) is 2. The molecule has 1 amide bonds. The lowest BCUT2D eigenvalue weighted by Gasteiger charge is -2.42. The Hall–Kier alpha value is -4.28.